The summed E-state index contributed by atoms with van der Waals surface area (Å²) in [6, 6.07) is 0. The average molecular weight is 873 g/mol. The van der Waals surface area contributed by atoms with Crippen LogP contribution in [0.4, 0.5) is 0 Å². The van der Waals surface area contributed by atoms with Crippen molar-refractivity contribution in [2.24, 2.45) is 0 Å². The SMILES string of the molecule is CCCCCC/C=C\CCCCCCCC(=O)OC(COC(=O)CCCCCCCCC/C=C\CCCCCCCCC)COC(=O)CCCCCCCCCCCCCCC. The van der Waals surface area contributed by atoms with E-state index in [9.17, 15) is 14.4 Å². The maximum atomic E-state index is 12.8. The van der Waals surface area contributed by atoms with E-state index in [1.165, 1.54) is 193 Å². The second kappa shape index (κ2) is 51.5. The lowest BCUT2D eigenvalue weighted by Crippen LogP contribution is -2.30. The van der Waals surface area contributed by atoms with E-state index in [1.54, 1.807) is 0 Å². The average Bonchev–Trinajstić information content (AvgIpc) is 3.27. The molecule has 0 heterocycles. The molecule has 6 heteroatoms. The van der Waals surface area contributed by atoms with E-state index in [4.69, 9.17) is 14.2 Å². The molecule has 1 unspecified atom stereocenters. The van der Waals surface area contributed by atoms with Crippen molar-refractivity contribution in [1.29, 1.82) is 0 Å². The monoisotopic (exact) mass is 873 g/mol. The molecule has 0 saturated heterocycles. The Morgan fingerprint density at radius 2 is 0.532 bits per heavy atom. The number of hydrogen-bond donors (Lipinski definition) is 0. The van der Waals surface area contributed by atoms with Crippen molar-refractivity contribution in [3.63, 3.8) is 0 Å². The highest BCUT2D eigenvalue weighted by Gasteiger charge is 2.19. The molecule has 0 aromatic carbocycles. The molecule has 364 valence electrons. The van der Waals surface area contributed by atoms with Gasteiger partial charge in [-0.15, -0.1) is 0 Å². The van der Waals surface area contributed by atoms with Gasteiger partial charge in [0.2, 0.25) is 0 Å². The minimum Gasteiger partial charge on any atom is -0.462 e. The molecule has 0 N–H and O–H groups in total. The van der Waals surface area contributed by atoms with Gasteiger partial charge in [0.15, 0.2) is 6.10 Å². The van der Waals surface area contributed by atoms with Gasteiger partial charge in [-0.25, -0.2) is 0 Å². The molecule has 0 aromatic heterocycles. The summed E-state index contributed by atoms with van der Waals surface area (Å²) in [5.74, 6) is -0.870. The summed E-state index contributed by atoms with van der Waals surface area (Å²) in [7, 11) is 0. The number of ether oxygens (including phenoxy) is 3. The van der Waals surface area contributed by atoms with Crippen LogP contribution in [0.1, 0.15) is 297 Å². The van der Waals surface area contributed by atoms with Crippen molar-refractivity contribution in [3.05, 3.63) is 24.3 Å². The van der Waals surface area contributed by atoms with Crippen LogP contribution in [0, 0.1) is 0 Å². The Kier molecular flexibility index (Phi) is 49.8. The number of allylic oxidation sites excluding steroid dienone is 4. The lowest BCUT2D eigenvalue weighted by molar-refractivity contribution is -0.167. The van der Waals surface area contributed by atoms with Crippen LogP contribution in [-0.4, -0.2) is 37.2 Å². The Morgan fingerprint density at radius 3 is 0.823 bits per heavy atom. The highest BCUT2D eigenvalue weighted by atomic mass is 16.6. The topological polar surface area (TPSA) is 78.9 Å². The second-order valence-corrected chi connectivity index (χ2v) is 18.5. The third-order valence-corrected chi connectivity index (χ3v) is 12.2. The maximum Gasteiger partial charge on any atom is 0.306 e. The first-order chi connectivity index (χ1) is 30.5. The first-order valence-electron chi connectivity index (χ1n) is 27.3. The van der Waals surface area contributed by atoms with Crippen molar-refractivity contribution < 1.29 is 28.6 Å². The third kappa shape index (κ3) is 48.9. The largest absolute Gasteiger partial charge is 0.462 e. The molecule has 0 fully saturated rings. The lowest BCUT2D eigenvalue weighted by Gasteiger charge is -2.18. The summed E-state index contributed by atoms with van der Waals surface area (Å²) in [6.07, 6.45) is 58.7. The Morgan fingerprint density at radius 1 is 0.306 bits per heavy atom. The number of rotatable bonds is 50. The van der Waals surface area contributed by atoms with E-state index in [1.807, 2.05) is 0 Å². The summed E-state index contributed by atoms with van der Waals surface area (Å²) in [4.78, 5) is 38.0. The van der Waals surface area contributed by atoms with Gasteiger partial charge < -0.3 is 14.2 Å². The minimum atomic E-state index is -0.772. The van der Waals surface area contributed by atoms with E-state index in [-0.39, 0.29) is 31.1 Å². The quantitative estimate of drug-likeness (QED) is 0.0262. The molecule has 0 spiro atoms. The predicted molar refractivity (Wildman–Crippen MR) is 266 cm³/mol. The molecule has 0 aromatic rings. The molecule has 0 aliphatic rings. The zero-order valence-corrected chi connectivity index (χ0v) is 41.7. The van der Waals surface area contributed by atoms with Crippen LogP contribution in [0.3, 0.4) is 0 Å². The van der Waals surface area contributed by atoms with Crippen LogP contribution in [0.25, 0.3) is 0 Å². The zero-order chi connectivity index (χ0) is 45.1. The zero-order valence-electron chi connectivity index (χ0n) is 41.7. The first-order valence-corrected chi connectivity index (χ1v) is 27.3. The van der Waals surface area contributed by atoms with Gasteiger partial charge in [0, 0.05) is 19.3 Å². The third-order valence-electron chi connectivity index (χ3n) is 12.2. The van der Waals surface area contributed by atoms with Crippen molar-refractivity contribution in [3.8, 4) is 0 Å². The predicted octanol–water partition coefficient (Wildman–Crippen LogP) is 17.9. The van der Waals surface area contributed by atoms with Gasteiger partial charge in [0.05, 0.1) is 0 Å². The van der Waals surface area contributed by atoms with Crippen LogP contribution >= 0.6 is 0 Å². The lowest BCUT2D eigenvalue weighted by atomic mass is 10.0. The molecule has 0 saturated carbocycles. The van der Waals surface area contributed by atoms with Crippen LogP contribution in [0.15, 0.2) is 24.3 Å². The van der Waals surface area contributed by atoms with Crippen molar-refractivity contribution in [1.82, 2.24) is 0 Å². The van der Waals surface area contributed by atoms with Gasteiger partial charge in [0.1, 0.15) is 13.2 Å². The molecular weight excluding hydrogens is 769 g/mol. The molecule has 0 rings (SSSR count). The molecule has 0 amide bonds. The molecule has 0 radical (unpaired) electrons. The van der Waals surface area contributed by atoms with Crippen LogP contribution in [-0.2, 0) is 28.6 Å². The maximum absolute atomic E-state index is 12.8. The van der Waals surface area contributed by atoms with Gasteiger partial charge in [-0.1, -0.05) is 231 Å². The molecule has 0 aliphatic heterocycles. The smallest absolute Gasteiger partial charge is 0.306 e. The van der Waals surface area contributed by atoms with E-state index in [0.29, 0.717) is 19.3 Å². The molecule has 1 atom stereocenters. The molecular formula is C56H104O6. The molecule has 62 heavy (non-hydrogen) atoms. The van der Waals surface area contributed by atoms with Crippen molar-refractivity contribution >= 4 is 17.9 Å². The molecule has 0 aliphatic carbocycles. The summed E-state index contributed by atoms with van der Waals surface area (Å²) < 4.78 is 16.8. The van der Waals surface area contributed by atoms with E-state index < -0.39 is 6.10 Å². The summed E-state index contributed by atoms with van der Waals surface area (Å²) in [5.41, 5.74) is 0. The number of unbranched alkanes of at least 4 members (excludes halogenated alkanes) is 35. The van der Waals surface area contributed by atoms with E-state index in [2.05, 4.69) is 45.1 Å². The molecule has 0 bridgehead atoms. The van der Waals surface area contributed by atoms with Gasteiger partial charge in [0.25, 0.3) is 0 Å². The highest BCUT2D eigenvalue weighted by Crippen LogP contribution is 2.16. The minimum absolute atomic E-state index is 0.0720. The Hall–Kier alpha value is -2.11. The first kappa shape index (κ1) is 59.9. The Balaban J connectivity index is 4.32. The Labute approximate surface area is 385 Å². The summed E-state index contributed by atoms with van der Waals surface area (Å²) >= 11 is 0. The Bertz CT molecular complexity index is 1000. The fraction of sp³-hybridized carbons (Fsp3) is 0.875. The van der Waals surface area contributed by atoms with Gasteiger partial charge in [-0.05, 0) is 70.6 Å². The van der Waals surface area contributed by atoms with Crippen molar-refractivity contribution in [2.75, 3.05) is 13.2 Å². The van der Waals surface area contributed by atoms with E-state index in [0.717, 1.165) is 64.2 Å². The van der Waals surface area contributed by atoms with Gasteiger partial charge in [-0.3, -0.25) is 14.4 Å². The summed E-state index contributed by atoms with van der Waals surface area (Å²) in [5, 5.41) is 0. The fourth-order valence-corrected chi connectivity index (χ4v) is 8.02. The van der Waals surface area contributed by atoms with Crippen LogP contribution in [0.5, 0.6) is 0 Å². The highest BCUT2D eigenvalue weighted by molar-refractivity contribution is 5.71. The molecule has 6 nitrogen and oxygen atoms in total. The van der Waals surface area contributed by atoms with Crippen LogP contribution < -0.4 is 0 Å². The summed E-state index contributed by atoms with van der Waals surface area (Å²) in [6.45, 7) is 6.64. The normalized spacial score (nSPS) is 12.1. The number of esters is 3. The van der Waals surface area contributed by atoms with E-state index >= 15 is 0 Å². The standard InChI is InChI=1S/C56H104O6/c1-4-7-10-13-16-19-22-25-26-27-28-29-32-34-37-40-43-46-49-55(58)61-52-53(62-56(59)50-47-44-41-38-35-31-24-21-18-15-12-9-6-3)51-60-54(57)48-45-42-39-36-33-30-23-20-17-14-11-8-5-2/h21,24,26-27,53H,4-20,22-23,25,28-52H2,1-3H3/b24-21-,27-26-. The fourth-order valence-electron chi connectivity index (χ4n) is 8.02. The second-order valence-electron chi connectivity index (χ2n) is 18.5. The van der Waals surface area contributed by atoms with Gasteiger partial charge in [-0.2, -0.15) is 0 Å². The number of hydrogen-bond acceptors (Lipinski definition) is 6. The number of carbonyl (C=O) groups is 3. The van der Waals surface area contributed by atoms with Gasteiger partial charge >= 0.3 is 17.9 Å². The van der Waals surface area contributed by atoms with Crippen LogP contribution in [0.2, 0.25) is 0 Å². The van der Waals surface area contributed by atoms with Crippen molar-refractivity contribution in [2.45, 2.75) is 303 Å². The number of carbonyl (C=O) groups excluding carboxylic acids is 3.